The maximum Gasteiger partial charge on any atom is 0.410 e. The number of piperidine rings is 1. The molecule has 1 amide bonds. The minimum atomic E-state index is -0.650. The zero-order valence-electron chi connectivity index (χ0n) is 10.4. The van der Waals surface area contributed by atoms with Crippen LogP contribution in [0.2, 0.25) is 0 Å². The van der Waals surface area contributed by atoms with Crippen molar-refractivity contribution in [2.24, 2.45) is 5.11 Å². The topological polar surface area (TPSA) is 100 Å². The number of rotatable bonds is 1. The van der Waals surface area contributed by atoms with Crippen molar-refractivity contribution in [2.75, 3.05) is 13.1 Å². The summed E-state index contributed by atoms with van der Waals surface area (Å²) in [6.07, 6.45) is -0.652. The minimum absolute atomic E-state index is 0.235. The van der Waals surface area contributed by atoms with Crippen molar-refractivity contribution in [3.05, 3.63) is 0 Å². The van der Waals surface area contributed by atoms with Crippen LogP contribution in [0.25, 0.3) is 0 Å². The van der Waals surface area contributed by atoms with Crippen LogP contribution in [0.5, 0.6) is 0 Å². The number of aliphatic hydroxyl groups excluding tert-OH is 1. The molecule has 2 atom stereocenters. The second-order valence-electron chi connectivity index (χ2n) is 5.07. The first-order chi connectivity index (χ1) is 7.83. The van der Waals surface area contributed by atoms with Crippen molar-refractivity contribution >= 4 is 6.09 Å². The number of likely N-dealkylation sites (tertiary alicyclic amines) is 1. The highest BCUT2D eigenvalue weighted by Crippen LogP contribution is 2.17. The summed E-state index contributed by atoms with van der Waals surface area (Å²) in [4.78, 5) is 16.2. The summed E-state index contributed by atoms with van der Waals surface area (Å²) in [5, 5.41) is 13.2. The predicted octanol–water partition coefficient (Wildman–Crippen LogP) is 0.907. The molecule has 1 rings (SSSR count). The maximum atomic E-state index is 11.8. The third kappa shape index (κ3) is 4.13. The Morgan fingerprint density at radius 2 is 2.24 bits per heavy atom. The van der Waals surface area contributed by atoms with Crippen molar-refractivity contribution < 1.29 is 14.6 Å². The van der Waals surface area contributed by atoms with Crippen molar-refractivity contribution in [1.29, 1.82) is 5.53 Å². The van der Waals surface area contributed by atoms with Crippen LogP contribution in [0.3, 0.4) is 0 Å². The monoisotopic (exact) mass is 243 g/mol. The number of aliphatic hydroxyl groups is 1. The van der Waals surface area contributed by atoms with Gasteiger partial charge in [0.1, 0.15) is 16.2 Å². The summed E-state index contributed by atoms with van der Waals surface area (Å²) in [6, 6.07) is -0.534. The molecule has 1 aliphatic heterocycles. The molecule has 0 spiro atoms. The van der Waals surface area contributed by atoms with Gasteiger partial charge in [-0.2, -0.15) is 0 Å². The molecule has 7 nitrogen and oxygen atoms in total. The van der Waals surface area contributed by atoms with E-state index in [-0.39, 0.29) is 6.54 Å². The number of carbonyl (C=O) groups excluding carboxylic acids is 1. The fourth-order valence-corrected chi connectivity index (χ4v) is 1.60. The number of carbonyl (C=O) groups is 1. The average Bonchev–Trinajstić information content (AvgIpc) is 2.19. The molecule has 0 aromatic carbocycles. The van der Waals surface area contributed by atoms with Gasteiger partial charge in [-0.1, -0.05) is 0 Å². The molecular formula is C10H19N4O3+. The SMILES string of the molecule is CC(C)(C)OC(=O)N1CCC(O)C(N=[N+]=N)C1. The predicted molar refractivity (Wildman–Crippen MR) is 59.5 cm³/mol. The van der Waals surface area contributed by atoms with Crippen LogP contribution in [0.1, 0.15) is 27.2 Å². The van der Waals surface area contributed by atoms with Gasteiger partial charge in [0.05, 0.1) is 12.6 Å². The Balaban J connectivity index is 2.61. The van der Waals surface area contributed by atoms with Crippen LogP contribution in [-0.4, -0.2) is 46.9 Å². The molecule has 0 bridgehead atoms. The number of nitrogens with one attached hydrogen (secondary N) is 1. The normalized spacial score (nSPS) is 25.1. The quantitative estimate of drug-likeness (QED) is 0.528. The van der Waals surface area contributed by atoms with E-state index in [9.17, 15) is 9.90 Å². The molecule has 96 valence electrons. The largest absolute Gasteiger partial charge is 0.444 e. The highest BCUT2D eigenvalue weighted by molar-refractivity contribution is 5.68. The Morgan fingerprint density at radius 1 is 1.59 bits per heavy atom. The van der Waals surface area contributed by atoms with Crippen molar-refractivity contribution in [2.45, 2.75) is 44.9 Å². The van der Waals surface area contributed by atoms with Gasteiger partial charge in [-0.05, 0) is 27.2 Å². The highest BCUT2D eigenvalue weighted by Gasteiger charge is 2.35. The Bertz CT molecular complexity index is 333. The molecule has 1 aliphatic rings. The Kier molecular flexibility index (Phi) is 4.20. The molecule has 0 aromatic heterocycles. The number of hydrogen-bond acceptors (Lipinski definition) is 5. The first-order valence-corrected chi connectivity index (χ1v) is 5.56. The lowest BCUT2D eigenvalue weighted by Gasteiger charge is -2.33. The third-order valence-corrected chi connectivity index (χ3v) is 2.40. The molecule has 2 N–H and O–H groups in total. The number of ether oxygens (including phenoxy) is 1. The van der Waals surface area contributed by atoms with E-state index in [1.165, 1.54) is 4.90 Å². The van der Waals surface area contributed by atoms with Crippen LogP contribution in [0.15, 0.2) is 5.11 Å². The third-order valence-electron chi connectivity index (χ3n) is 2.40. The van der Waals surface area contributed by atoms with Gasteiger partial charge < -0.3 is 14.7 Å². The van der Waals surface area contributed by atoms with Gasteiger partial charge in [-0.3, -0.25) is 0 Å². The first-order valence-electron chi connectivity index (χ1n) is 5.56. The van der Waals surface area contributed by atoms with Gasteiger partial charge in [-0.15, -0.1) is 0 Å². The molecule has 1 saturated heterocycles. The molecular weight excluding hydrogens is 224 g/mol. The van der Waals surface area contributed by atoms with E-state index in [2.05, 4.69) is 10.0 Å². The molecule has 17 heavy (non-hydrogen) atoms. The van der Waals surface area contributed by atoms with Gasteiger partial charge in [-0.25, -0.2) is 4.79 Å². The van der Waals surface area contributed by atoms with E-state index in [0.717, 1.165) is 0 Å². The zero-order chi connectivity index (χ0) is 13.1. The average molecular weight is 243 g/mol. The van der Waals surface area contributed by atoms with Crippen molar-refractivity contribution in [3.63, 3.8) is 0 Å². The fourth-order valence-electron chi connectivity index (χ4n) is 1.60. The molecule has 0 aliphatic carbocycles. The summed E-state index contributed by atoms with van der Waals surface area (Å²) in [5.41, 5.74) is 6.12. The van der Waals surface area contributed by atoms with E-state index in [4.69, 9.17) is 10.3 Å². The molecule has 0 radical (unpaired) electrons. The fraction of sp³-hybridized carbons (Fsp3) is 0.900. The van der Waals surface area contributed by atoms with Crippen LogP contribution in [0, 0.1) is 5.53 Å². The van der Waals surface area contributed by atoms with Crippen LogP contribution in [-0.2, 0) is 4.74 Å². The lowest BCUT2D eigenvalue weighted by Crippen LogP contribution is -2.49. The maximum absolute atomic E-state index is 11.8. The van der Waals surface area contributed by atoms with Gasteiger partial charge in [0.15, 0.2) is 6.04 Å². The Labute approximate surface area is 100.0 Å². The second-order valence-corrected chi connectivity index (χ2v) is 5.07. The number of nitrogens with zero attached hydrogens (tertiary/aromatic N) is 3. The lowest BCUT2D eigenvalue weighted by molar-refractivity contribution is 0.00430. The van der Waals surface area contributed by atoms with E-state index in [1.54, 1.807) is 20.8 Å². The van der Waals surface area contributed by atoms with E-state index < -0.39 is 23.8 Å². The van der Waals surface area contributed by atoms with Crippen LogP contribution >= 0.6 is 0 Å². The van der Waals surface area contributed by atoms with E-state index in [0.29, 0.717) is 13.0 Å². The van der Waals surface area contributed by atoms with Crippen LogP contribution in [0.4, 0.5) is 4.79 Å². The smallest absolute Gasteiger partial charge is 0.410 e. The first kappa shape index (κ1) is 13.6. The van der Waals surface area contributed by atoms with E-state index >= 15 is 0 Å². The van der Waals surface area contributed by atoms with Gasteiger partial charge in [0.25, 0.3) is 0 Å². The second kappa shape index (κ2) is 5.25. The zero-order valence-corrected chi connectivity index (χ0v) is 10.4. The highest BCUT2D eigenvalue weighted by atomic mass is 16.6. The Morgan fingerprint density at radius 3 is 2.76 bits per heavy atom. The summed E-state index contributed by atoms with van der Waals surface area (Å²) in [5.74, 6) is 0. The van der Waals surface area contributed by atoms with Crippen molar-refractivity contribution in [1.82, 2.24) is 9.81 Å². The summed E-state index contributed by atoms with van der Waals surface area (Å²) >= 11 is 0. The van der Waals surface area contributed by atoms with Gasteiger partial charge in [0.2, 0.25) is 4.91 Å². The van der Waals surface area contributed by atoms with Crippen LogP contribution < -0.4 is 4.91 Å². The minimum Gasteiger partial charge on any atom is -0.444 e. The molecule has 1 heterocycles. The number of hydrogen-bond donors (Lipinski definition) is 2. The molecule has 0 saturated carbocycles. The van der Waals surface area contributed by atoms with Gasteiger partial charge >= 0.3 is 6.09 Å². The lowest BCUT2D eigenvalue weighted by atomic mass is 10.0. The molecule has 0 aromatic rings. The standard InChI is InChI=1S/C10H19N4O3/c1-10(2,3)17-9(16)14-5-4-8(15)7(6-14)12-13-11/h7-8,11,15H,4-6H2,1-3H3/q+1. The summed E-state index contributed by atoms with van der Waals surface area (Å²) in [6.45, 7) is 6.05. The Hall–Kier alpha value is -1.46. The van der Waals surface area contributed by atoms with Gasteiger partial charge in [0, 0.05) is 6.54 Å². The molecule has 2 unspecified atom stereocenters. The molecule has 1 fully saturated rings. The number of amides is 1. The summed E-state index contributed by atoms with van der Waals surface area (Å²) < 4.78 is 5.23. The summed E-state index contributed by atoms with van der Waals surface area (Å²) in [7, 11) is 0. The van der Waals surface area contributed by atoms with E-state index in [1.807, 2.05) is 0 Å². The molecule has 7 heteroatoms. The van der Waals surface area contributed by atoms with Crippen molar-refractivity contribution in [3.8, 4) is 0 Å².